The highest BCUT2D eigenvalue weighted by molar-refractivity contribution is 7.22. The molecule has 8 heteroatoms. The van der Waals surface area contributed by atoms with Crippen molar-refractivity contribution in [3.8, 4) is 5.75 Å². The summed E-state index contributed by atoms with van der Waals surface area (Å²) in [5, 5.41) is 1.19. The average Bonchev–Trinajstić information content (AvgIpc) is 3.73. The molecule has 4 aromatic rings. The number of methoxy groups -OCH3 is 1. The Morgan fingerprint density at radius 2 is 1.53 bits per heavy atom. The summed E-state index contributed by atoms with van der Waals surface area (Å²) >= 11 is 1.30. The second-order valence-corrected chi connectivity index (χ2v) is 10.9. The van der Waals surface area contributed by atoms with Crippen molar-refractivity contribution < 1.29 is 14.3 Å². The van der Waals surface area contributed by atoms with Crippen LogP contribution in [0.1, 0.15) is 45.7 Å². The maximum absolute atomic E-state index is 13.7. The number of fused-ring (bicyclic) bond motifs is 3. The third kappa shape index (κ3) is 5.11. The van der Waals surface area contributed by atoms with Crippen LogP contribution in [0.5, 0.6) is 5.75 Å². The first-order valence-corrected chi connectivity index (χ1v) is 14.0. The highest BCUT2D eigenvalue weighted by Gasteiger charge is 2.29. The van der Waals surface area contributed by atoms with E-state index in [-0.39, 0.29) is 23.8 Å². The third-order valence-electron chi connectivity index (χ3n) is 7.28. The summed E-state index contributed by atoms with van der Waals surface area (Å²) in [7, 11) is 3.66. The highest BCUT2D eigenvalue weighted by Crippen LogP contribution is 2.40. The van der Waals surface area contributed by atoms with Crippen molar-refractivity contribution in [2.24, 2.45) is 0 Å². The van der Waals surface area contributed by atoms with E-state index >= 15 is 0 Å². The monoisotopic (exact) mass is 531 g/mol. The first-order chi connectivity index (χ1) is 18.5. The fourth-order valence-electron chi connectivity index (χ4n) is 5.24. The third-order valence-corrected chi connectivity index (χ3v) is 8.47. The zero-order chi connectivity index (χ0) is 26.6. The first-order valence-electron chi connectivity index (χ1n) is 13.2. The van der Waals surface area contributed by atoms with Gasteiger partial charge < -0.3 is 14.5 Å². The van der Waals surface area contributed by atoms with Gasteiger partial charge in [0.25, 0.3) is 11.5 Å². The lowest BCUT2D eigenvalue weighted by atomic mass is 10.1. The summed E-state index contributed by atoms with van der Waals surface area (Å²) in [4.78, 5) is 44.4. The molecule has 0 N–H and O–H groups in total. The number of amides is 1. The van der Waals surface area contributed by atoms with Gasteiger partial charge in [0.2, 0.25) is 0 Å². The Hall–Kier alpha value is -3.49. The van der Waals surface area contributed by atoms with E-state index in [1.165, 1.54) is 48.9 Å². The van der Waals surface area contributed by atoms with Crippen molar-refractivity contribution in [2.45, 2.75) is 32.2 Å². The van der Waals surface area contributed by atoms with Gasteiger partial charge in [-0.15, -0.1) is 11.3 Å². The largest absolute Gasteiger partial charge is 0.494 e. The summed E-state index contributed by atoms with van der Waals surface area (Å²) in [6.07, 6.45) is 4.79. The molecule has 6 rings (SSSR count). The van der Waals surface area contributed by atoms with E-state index in [1.54, 1.807) is 24.3 Å². The van der Waals surface area contributed by atoms with Crippen LogP contribution in [0.2, 0.25) is 0 Å². The molecule has 0 spiro atoms. The molecule has 2 aliphatic rings. The molecule has 0 unspecified atom stereocenters. The lowest BCUT2D eigenvalue weighted by molar-refractivity contribution is 0.0794. The summed E-state index contributed by atoms with van der Waals surface area (Å²) in [5.41, 5.74) is 0.890. The van der Waals surface area contributed by atoms with Crippen molar-refractivity contribution in [1.82, 2.24) is 14.4 Å². The van der Waals surface area contributed by atoms with Crippen LogP contribution in [0.3, 0.4) is 0 Å². The maximum Gasteiger partial charge on any atom is 0.267 e. The molecule has 0 atom stereocenters. The van der Waals surface area contributed by atoms with Gasteiger partial charge in [-0.25, -0.2) is 0 Å². The lowest BCUT2D eigenvalue weighted by Gasteiger charge is -2.14. The molecular formula is C30H33N3O4S. The number of carbonyl (C=O) groups is 2. The fourth-order valence-corrected chi connectivity index (χ4v) is 6.50. The molecule has 2 saturated heterocycles. The molecule has 38 heavy (non-hydrogen) atoms. The molecule has 2 aliphatic heterocycles. The van der Waals surface area contributed by atoms with Gasteiger partial charge in [-0.3, -0.25) is 19.0 Å². The number of thiophene rings is 1. The summed E-state index contributed by atoms with van der Waals surface area (Å²) in [6.45, 7) is 3.98. The molecule has 4 heterocycles. The average molecular weight is 532 g/mol. The van der Waals surface area contributed by atoms with E-state index in [1.807, 2.05) is 35.2 Å². The van der Waals surface area contributed by atoms with Crippen molar-refractivity contribution >= 4 is 44.0 Å². The number of pyridine rings is 1. The molecule has 7 nitrogen and oxygen atoms in total. The minimum atomic E-state index is -0.323. The Morgan fingerprint density at radius 3 is 2.16 bits per heavy atom. The van der Waals surface area contributed by atoms with E-state index in [0.29, 0.717) is 44.9 Å². The van der Waals surface area contributed by atoms with Crippen LogP contribution >= 0.6 is 11.3 Å². The van der Waals surface area contributed by atoms with E-state index in [9.17, 15) is 14.4 Å². The molecule has 2 aromatic heterocycles. The molecule has 0 aliphatic carbocycles. The van der Waals surface area contributed by atoms with Gasteiger partial charge in [0, 0.05) is 24.0 Å². The number of carbonyl (C=O) groups excluding carboxylic acids is 2. The minimum absolute atomic E-state index is 0.0896. The normalized spacial score (nSPS) is 15.6. The number of nitrogens with zero attached hydrogens (tertiary/aromatic N) is 3. The van der Waals surface area contributed by atoms with Gasteiger partial charge in [0.1, 0.15) is 10.3 Å². The molecule has 1 amide bonds. The summed E-state index contributed by atoms with van der Waals surface area (Å²) in [5.74, 6) is 0.0503. The van der Waals surface area contributed by atoms with Gasteiger partial charge in [-0.1, -0.05) is 48.5 Å². The number of hydrogen-bond donors (Lipinski definition) is 0. The Labute approximate surface area is 226 Å². The van der Waals surface area contributed by atoms with Gasteiger partial charge in [-0.2, -0.15) is 0 Å². The number of likely N-dealkylation sites (tertiary alicyclic amines) is 2. The first kappa shape index (κ1) is 26.1. The molecule has 0 saturated carbocycles. The Balaban J connectivity index is 0.000000433. The second kappa shape index (κ2) is 11.5. The van der Waals surface area contributed by atoms with Crippen LogP contribution in [0, 0.1) is 0 Å². The van der Waals surface area contributed by atoms with Crippen LogP contribution in [0.25, 0.3) is 21.0 Å². The van der Waals surface area contributed by atoms with Crippen LogP contribution in [0.4, 0.5) is 0 Å². The molecule has 198 valence electrons. The van der Waals surface area contributed by atoms with Gasteiger partial charge >= 0.3 is 0 Å². The predicted molar refractivity (Wildman–Crippen MR) is 153 cm³/mol. The molecule has 2 fully saturated rings. The van der Waals surface area contributed by atoms with Gasteiger partial charge in [0.05, 0.1) is 23.9 Å². The van der Waals surface area contributed by atoms with E-state index in [4.69, 9.17) is 4.74 Å². The minimum Gasteiger partial charge on any atom is -0.494 e. The van der Waals surface area contributed by atoms with Crippen molar-refractivity contribution in [2.75, 3.05) is 40.3 Å². The number of rotatable bonds is 5. The van der Waals surface area contributed by atoms with Gasteiger partial charge in [0.15, 0.2) is 11.5 Å². The number of ether oxygens (including phenoxy) is 1. The summed E-state index contributed by atoms with van der Waals surface area (Å²) < 4.78 is 7.83. The summed E-state index contributed by atoms with van der Waals surface area (Å²) in [6, 6.07) is 16.4. The van der Waals surface area contributed by atoms with Crippen molar-refractivity contribution in [3.63, 3.8) is 0 Å². The lowest BCUT2D eigenvalue weighted by Crippen LogP contribution is -2.27. The smallest absolute Gasteiger partial charge is 0.267 e. The molecule has 2 aromatic carbocycles. The number of benzene rings is 2. The number of hydrogen-bond acceptors (Lipinski definition) is 6. The number of Topliss-reactive ketones (excluding diaryl/α,β-unsaturated/α-hetero) is 1. The quantitative estimate of drug-likeness (QED) is 0.337. The van der Waals surface area contributed by atoms with Crippen LogP contribution in [0.15, 0.2) is 59.4 Å². The fraction of sp³-hybridized carbons (Fsp3) is 0.367. The van der Waals surface area contributed by atoms with E-state index < -0.39 is 0 Å². The molecular weight excluding hydrogens is 498 g/mol. The van der Waals surface area contributed by atoms with Crippen molar-refractivity contribution in [1.29, 1.82) is 0 Å². The Bertz CT molecular complexity index is 1510. The number of ketones is 1. The number of aromatic nitrogens is 1. The van der Waals surface area contributed by atoms with Crippen molar-refractivity contribution in [3.05, 3.63) is 75.4 Å². The topological polar surface area (TPSA) is 71.8 Å². The van der Waals surface area contributed by atoms with Crippen LogP contribution in [-0.2, 0) is 6.54 Å². The zero-order valence-corrected chi connectivity index (χ0v) is 22.8. The van der Waals surface area contributed by atoms with Gasteiger partial charge in [-0.05, 0) is 51.9 Å². The molecule has 0 bridgehead atoms. The second-order valence-electron chi connectivity index (χ2n) is 9.88. The van der Waals surface area contributed by atoms with E-state index in [2.05, 4.69) is 11.9 Å². The highest BCUT2D eigenvalue weighted by atomic mass is 32.1. The standard InChI is InChI=1S/C25H22N2O4S.C5H11N/c1-31-21-20-22(32-23(21)25(30)26-13-7-8-14-26)17-11-5-6-12-18(17)27(24(20)29)15-19(28)16-9-3-2-4-10-16;1-6-4-2-3-5-6/h2-6,9-12H,7-8,13-15H2,1H3;2-5H2,1H3. The van der Waals surface area contributed by atoms with Crippen LogP contribution < -0.4 is 10.3 Å². The van der Waals surface area contributed by atoms with Crippen LogP contribution in [-0.4, -0.2) is 66.4 Å². The molecule has 0 radical (unpaired) electrons. The van der Waals surface area contributed by atoms with E-state index in [0.717, 1.165) is 18.2 Å². The Kier molecular flexibility index (Phi) is 7.90. The Morgan fingerprint density at radius 1 is 0.895 bits per heavy atom. The predicted octanol–water partition coefficient (Wildman–Crippen LogP) is 5.06. The number of para-hydroxylation sites is 1. The SMILES string of the molecule is CN1CCCC1.COc1c(C(=O)N2CCCC2)sc2c1c(=O)n(CC(=O)c1ccccc1)c1ccccc21. The maximum atomic E-state index is 13.7. The zero-order valence-electron chi connectivity index (χ0n) is 21.9.